The highest BCUT2D eigenvalue weighted by Gasteiger charge is 2.11. The van der Waals surface area contributed by atoms with Crippen molar-refractivity contribution in [2.45, 2.75) is 31.7 Å². The number of hydrogen-bond donors (Lipinski definition) is 1. The third-order valence-corrected chi connectivity index (χ3v) is 7.94. The lowest BCUT2D eigenvalue weighted by molar-refractivity contribution is 0.108. The Bertz CT molecular complexity index is 1830. The quantitative estimate of drug-likeness (QED) is 0.0752. The average Bonchev–Trinajstić information content (AvgIpc) is 3.17. The van der Waals surface area contributed by atoms with Crippen molar-refractivity contribution in [1.82, 2.24) is 4.98 Å². The first-order chi connectivity index (χ1) is 24.7. The molecule has 4 aromatic carbocycles. The summed E-state index contributed by atoms with van der Waals surface area (Å²) in [6.07, 6.45) is 13.1. The van der Waals surface area contributed by atoms with Gasteiger partial charge in [-0.1, -0.05) is 134 Å². The Labute approximate surface area is 296 Å². The van der Waals surface area contributed by atoms with Crippen LogP contribution in [0, 0.1) is 0 Å². The van der Waals surface area contributed by atoms with E-state index in [-0.39, 0.29) is 12.1 Å². The minimum atomic E-state index is -0.130. The highest BCUT2D eigenvalue weighted by atomic mass is 16.5. The molecule has 0 saturated heterocycles. The Morgan fingerprint density at radius 3 is 1.68 bits per heavy atom. The molecule has 50 heavy (non-hydrogen) atoms. The van der Waals surface area contributed by atoms with E-state index in [1.807, 2.05) is 73.0 Å². The molecule has 0 radical (unpaired) electrons. The maximum atomic E-state index is 6.14. The third kappa shape index (κ3) is 12.1. The summed E-state index contributed by atoms with van der Waals surface area (Å²) in [7, 11) is 0. The van der Waals surface area contributed by atoms with Crippen molar-refractivity contribution in [1.29, 1.82) is 0 Å². The standard InChI is InChI=1S/C44H44N4O2/c1-35(12-8-10-26-45)29-47-43(40-13-4-2-5-14-40)33-49-31-38-22-18-36(19-23-38)28-37-20-24-39(25-21-37)32-50-34-44(41-15-6-3-7-16-41)48-30-42-17-9-11-27-46-42/h2-27,29-30,43-44H,1,28,31-34,45H2/b12-8-,26-10-,47-29?,48-30?/t43-,44-/m0/s1. The van der Waals surface area contributed by atoms with Gasteiger partial charge in [0.1, 0.15) is 0 Å². The van der Waals surface area contributed by atoms with Gasteiger partial charge in [-0.25, -0.2) is 0 Å². The molecule has 0 aliphatic heterocycles. The first kappa shape index (κ1) is 35.6. The molecule has 0 fully saturated rings. The second-order valence-electron chi connectivity index (χ2n) is 11.8. The van der Waals surface area contributed by atoms with Gasteiger partial charge < -0.3 is 15.2 Å². The van der Waals surface area contributed by atoms with Gasteiger partial charge in [0.15, 0.2) is 0 Å². The van der Waals surface area contributed by atoms with Crippen LogP contribution in [0.15, 0.2) is 180 Å². The number of rotatable bonds is 18. The zero-order chi connectivity index (χ0) is 34.6. The van der Waals surface area contributed by atoms with Crippen LogP contribution in [-0.4, -0.2) is 30.6 Å². The van der Waals surface area contributed by atoms with Gasteiger partial charge in [0.05, 0.1) is 44.2 Å². The topological polar surface area (TPSA) is 82.1 Å². The van der Waals surface area contributed by atoms with Gasteiger partial charge in [0.2, 0.25) is 0 Å². The molecule has 2 N–H and O–H groups in total. The largest absolute Gasteiger partial charge is 0.405 e. The molecule has 0 spiro atoms. The molecule has 2 atom stereocenters. The van der Waals surface area contributed by atoms with Crippen molar-refractivity contribution in [3.05, 3.63) is 209 Å². The van der Waals surface area contributed by atoms with E-state index in [9.17, 15) is 0 Å². The van der Waals surface area contributed by atoms with Crippen LogP contribution in [0.3, 0.4) is 0 Å². The number of aromatic nitrogens is 1. The van der Waals surface area contributed by atoms with Crippen molar-refractivity contribution in [3.8, 4) is 0 Å². The van der Waals surface area contributed by atoms with Crippen LogP contribution in [0.1, 0.15) is 51.2 Å². The van der Waals surface area contributed by atoms with Gasteiger partial charge in [0.25, 0.3) is 0 Å². The van der Waals surface area contributed by atoms with Gasteiger partial charge >= 0.3 is 0 Å². The Kier molecular flexibility index (Phi) is 14.2. The van der Waals surface area contributed by atoms with Crippen LogP contribution < -0.4 is 5.73 Å². The van der Waals surface area contributed by atoms with Gasteiger partial charge in [-0.15, -0.1) is 0 Å². The monoisotopic (exact) mass is 660 g/mol. The molecule has 0 aliphatic rings. The third-order valence-electron chi connectivity index (χ3n) is 7.94. The number of nitrogens with two attached hydrogens (primary N) is 1. The van der Waals surface area contributed by atoms with E-state index in [2.05, 4.69) is 84.4 Å². The molecular weight excluding hydrogens is 617 g/mol. The van der Waals surface area contributed by atoms with E-state index in [0.29, 0.717) is 26.4 Å². The van der Waals surface area contributed by atoms with E-state index in [0.717, 1.165) is 39.9 Å². The van der Waals surface area contributed by atoms with E-state index < -0.39 is 0 Å². The molecule has 1 aromatic heterocycles. The zero-order valence-corrected chi connectivity index (χ0v) is 28.3. The Morgan fingerprint density at radius 1 is 0.640 bits per heavy atom. The van der Waals surface area contributed by atoms with Crippen molar-refractivity contribution in [2.75, 3.05) is 13.2 Å². The summed E-state index contributed by atoms with van der Waals surface area (Å²) in [5.74, 6) is 0. The normalized spacial score (nSPS) is 13.0. The zero-order valence-electron chi connectivity index (χ0n) is 28.3. The average molecular weight is 661 g/mol. The van der Waals surface area contributed by atoms with E-state index in [4.69, 9.17) is 25.2 Å². The van der Waals surface area contributed by atoms with E-state index in [1.165, 1.54) is 17.3 Å². The lowest BCUT2D eigenvalue weighted by atomic mass is 10.0. The molecule has 0 amide bonds. The van der Waals surface area contributed by atoms with Crippen LogP contribution >= 0.6 is 0 Å². The number of allylic oxidation sites excluding steroid dienone is 4. The van der Waals surface area contributed by atoms with Crippen LogP contribution in [0.25, 0.3) is 0 Å². The number of benzene rings is 4. The molecule has 252 valence electrons. The van der Waals surface area contributed by atoms with Gasteiger partial charge in [-0.2, -0.15) is 0 Å². The summed E-state index contributed by atoms with van der Waals surface area (Å²) in [4.78, 5) is 13.9. The van der Waals surface area contributed by atoms with Gasteiger partial charge in [-0.05, 0) is 69.8 Å². The fourth-order valence-corrected chi connectivity index (χ4v) is 5.21. The molecule has 5 aromatic rings. The summed E-state index contributed by atoms with van der Waals surface area (Å²) in [6, 6.07) is 43.2. The summed E-state index contributed by atoms with van der Waals surface area (Å²) >= 11 is 0. The number of ether oxygens (including phenoxy) is 2. The maximum Gasteiger partial charge on any atom is 0.0983 e. The first-order valence-corrected chi connectivity index (χ1v) is 16.8. The minimum absolute atomic E-state index is 0.109. The lowest BCUT2D eigenvalue weighted by Gasteiger charge is -2.14. The van der Waals surface area contributed by atoms with Crippen LogP contribution in [0.5, 0.6) is 0 Å². The molecule has 0 bridgehead atoms. The van der Waals surface area contributed by atoms with Crippen LogP contribution in [0.2, 0.25) is 0 Å². The fraction of sp³-hybridized carbons (Fsp3) is 0.159. The number of nitrogens with zero attached hydrogens (tertiary/aromatic N) is 3. The predicted molar refractivity (Wildman–Crippen MR) is 205 cm³/mol. The summed E-state index contributed by atoms with van der Waals surface area (Å²) < 4.78 is 12.3. The second kappa shape index (κ2) is 20.0. The molecule has 0 unspecified atom stereocenters. The molecular formula is C44H44N4O2. The van der Waals surface area contributed by atoms with Crippen molar-refractivity contribution in [3.63, 3.8) is 0 Å². The highest BCUT2D eigenvalue weighted by Crippen LogP contribution is 2.21. The second-order valence-corrected chi connectivity index (χ2v) is 11.8. The fourth-order valence-electron chi connectivity index (χ4n) is 5.21. The van der Waals surface area contributed by atoms with E-state index in [1.54, 1.807) is 18.5 Å². The minimum Gasteiger partial charge on any atom is -0.405 e. The van der Waals surface area contributed by atoms with Gasteiger partial charge in [0, 0.05) is 18.6 Å². The van der Waals surface area contributed by atoms with Crippen molar-refractivity contribution >= 4 is 12.4 Å². The van der Waals surface area contributed by atoms with E-state index >= 15 is 0 Å². The smallest absolute Gasteiger partial charge is 0.0983 e. The maximum absolute atomic E-state index is 6.14. The molecule has 6 nitrogen and oxygen atoms in total. The molecule has 6 heteroatoms. The molecule has 1 heterocycles. The Morgan fingerprint density at radius 2 is 1.16 bits per heavy atom. The highest BCUT2D eigenvalue weighted by molar-refractivity contribution is 5.81. The lowest BCUT2D eigenvalue weighted by Crippen LogP contribution is -2.07. The summed E-state index contributed by atoms with van der Waals surface area (Å²) in [6.45, 7) is 6.01. The molecule has 5 rings (SSSR count). The predicted octanol–water partition coefficient (Wildman–Crippen LogP) is 8.96. The van der Waals surface area contributed by atoms with Crippen LogP contribution in [-0.2, 0) is 29.1 Å². The number of hydrogen-bond acceptors (Lipinski definition) is 6. The SMILES string of the molecule is C=C(C=N[C@@H](COCc1ccc(Cc2ccc(COC[C@H](N=Cc3ccccn3)c3ccccc3)cc2)cc1)c1ccccc1)/C=C\C=C/N. The summed E-state index contributed by atoms with van der Waals surface area (Å²) in [5.41, 5.74) is 14.0. The Balaban J connectivity index is 1.09. The van der Waals surface area contributed by atoms with Crippen molar-refractivity contribution < 1.29 is 9.47 Å². The molecule has 0 aliphatic carbocycles. The number of aliphatic imine (C=N–C) groups is 2. The van der Waals surface area contributed by atoms with Crippen molar-refractivity contribution in [2.24, 2.45) is 15.7 Å². The Hall–Kier alpha value is -5.69. The number of pyridine rings is 1. The van der Waals surface area contributed by atoms with Crippen LogP contribution in [0.4, 0.5) is 0 Å². The first-order valence-electron chi connectivity index (χ1n) is 16.8. The summed E-state index contributed by atoms with van der Waals surface area (Å²) in [5, 5.41) is 0. The molecule has 0 saturated carbocycles. The van der Waals surface area contributed by atoms with Gasteiger partial charge in [-0.3, -0.25) is 15.0 Å².